The molecule has 0 saturated carbocycles. The minimum absolute atomic E-state index is 0.0119. The quantitative estimate of drug-likeness (QED) is 0.0808. The van der Waals surface area contributed by atoms with Crippen molar-refractivity contribution in [2.75, 3.05) is 32.0 Å². The molecule has 0 bridgehead atoms. The topological polar surface area (TPSA) is 154 Å². The van der Waals surface area contributed by atoms with E-state index in [0.717, 1.165) is 12.1 Å². The number of nitrogen functional groups attached to an aromatic ring is 1. The molecule has 3 heterocycles. The maximum absolute atomic E-state index is 13.9. The van der Waals surface area contributed by atoms with Crippen molar-refractivity contribution < 1.29 is 36.6 Å². The van der Waals surface area contributed by atoms with Gasteiger partial charge in [0.2, 0.25) is 11.7 Å². The Hall–Kier alpha value is -5.44. The minimum Gasteiger partial charge on any atom is -0.483 e. The van der Waals surface area contributed by atoms with E-state index in [0.29, 0.717) is 53.7 Å². The molecule has 0 spiro atoms. The van der Waals surface area contributed by atoms with Crippen LogP contribution in [0.15, 0.2) is 65.4 Å². The van der Waals surface area contributed by atoms with Crippen LogP contribution in [0.25, 0.3) is 16.6 Å². The second-order valence-corrected chi connectivity index (χ2v) is 11.0. The van der Waals surface area contributed by atoms with Crippen molar-refractivity contribution in [1.82, 2.24) is 19.7 Å². The van der Waals surface area contributed by atoms with Crippen LogP contribution < -0.4 is 20.9 Å². The fraction of sp³-hybridized carbons (Fsp3) is 0.273. The van der Waals surface area contributed by atoms with E-state index in [1.54, 1.807) is 17.9 Å². The van der Waals surface area contributed by atoms with Gasteiger partial charge in [-0.3, -0.25) is 14.6 Å². The van der Waals surface area contributed by atoms with E-state index in [1.807, 2.05) is 0 Å². The van der Waals surface area contributed by atoms with Crippen LogP contribution in [-0.2, 0) is 4.79 Å². The summed E-state index contributed by atoms with van der Waals surface area (Å²) in [7, 11) is 0. The summed E-state index contributed by atoms with van der Waals surface area (Å²) in [5, 5.41) is 4.72. The summed E-state index contributed by atoms with van der Waals surface area (Å²) in [5.41, 5.74) is 13.9. The second-order valence-electron chi connectivity index (χ2n) is 11.0. The molecule has 5 N–H and O–H groups in total. The number of hydrogen-bond acceptors (Lipinski definition) is 8. The number of halogens is 4. The summed E-state index contributed by atoms with van der Waals surface area (Å²) in [4.78, 5) is 34.1. The molecule has 15 heteroatoms. The number of allylic oxidation sites excluding steroid dienone is 2. The van der Waals surface area contributed by atoms with Crippen molar-refractivity contribution in [1.29, 1.82) is 0 Å². The summed E-state index contributed by atoms with van der Waals surface area (Å²) >= 11 is 0. The molecule has 2 aromatic heterocycles. The maximum Gasteiger partial charge on any atom is 0.387 e. The molecule has 5 rings (SSSR count). The normalized spacial score (nSPS) is 14.5. The highest BCUT2D eigenvalue weighted by molar-refractivity contribution is 6.12. The van der Waals surface area contributed by atoms with Gasteiger partial charge in [-0.25, -0.2) is 13.5 Å². The minimum atomic E-state index is -3.07. The number of anilines is 1. The summed E-state index contributed by atoms with van der Waals surface area (Å²) < 4.78 is 66.1. The molecule has 48 heavy (non-hydrogen) atoms. The highest BCUT2D eigenvalue weighted by Crippen LogP contribution is 2.38. The summed E-state index contributed by atoms with van der Waals surface area (Å²) in [5.74, 6) is -3.14. The number of H-pyrrole nitrogens is 1. The Balaban J connectivity index is 1.39. The Bertz CT molecular complexity index is 1890. The van der Waals surface area contributed by atoms with E-state index in [1.165, 1.54) is 41.4 Å². The van der Waals surface area contributed by atoms with Crippen LogP contribution in [0.4, 0.5) is 23.4 Å². The number of ketones is 1. The third-order valence-corrected chi connectivity index (χ3v) is 8.11. The molecule has 1 amide bonds. The number of fused-ring (bicyclic) bond motifs is 1. The number of alkyl halides is 2. The number of para-hydroxylation sites is 1. The van der Waals surface area contributed by atoms with Gasteiger partial charge in [0.1, 0.15) is 18.2 Å². The van der Waals surface area contributed by atoms with Crippen LogP contribution in [0.3, 0.4) is 0 Å². The van der Waals surface area contributed by atoms with Gasteiger partial charge in [0.25, 0.3) is 0 Å². The van der Waals surface area contributed by atoms with Gasteiger partial charge in [-0.1, -0.05) is 6.07 Å². The molecule has 0 aliphatic carbocycles. The fourth-order valence-corrected chi connectivity index (χ4v) is 5.64. The molecule has 0 atom stereocenters. The number of ether oxygens (including phenoxy) is 2. The van der Waals surface area contributed by atoms with E-state index in [-0.39, 0.29) is 47.8 Å². The van der Waals surface area contributed by atoms with Gasteiger partial charge in [0, 0.05) is 24.0 Å². The Labute approximate surface area is 272 Å². The average molecular weight is 668 g/mol. The molecular weight excluding hydrogens is 634 g/mol. The van der Waals surface area contributed by atoms with E-state index in [2.05, 4.69) is 21.8 Å². The third-order valence-electron chi connectivity index (χ3n) is 8.11. The smallest absolute Gasteiger partial charge is 0.387 e. The average Bonchev–Trinajstić information content (AvgIpc) is 3.66. The highest BCUT2D eigenvalue weighted by Gasteiger charge is 2.28. The Morgan fingerprint density at radius 1 is 1.19 bits per heavy atom. The van der Waals surface area contributed by atoms with Crippen molar-refractivity contribution in [2.24, 2.45) is 10.7 Å². The number of aliphatic imine (C=N–C) groups is 1. The van der Waals surface area contributed by atoms with Crippen molar-refractivity contribution in [3.8, 4) is 11.5 Å². The van der Waals surface area contributed by atoms with E-state index >= 15 is 0 Å². The first-order chi connectivity index (χ1) is 23.0. The molecule has 1 aliphatic heterocycles. The highest BCUT2D eigenvalue weighted by atomic mass is 19.3. The first kappa shape index (κ1) is 33.9. The van der Waals surface area contributed by atoms with Gasteiger partial charge in [0.15, 0.2) is 17.4 Å². The summed E-state index contributed by atoms with van der Waals surface area (Å²) in [6, 6.07) is 8.01. The monoisotopic (exact) mass is 667 g/mol. The molecule has 1 fully saturated rings. The number of hydrogen-bond donors (Lipinski definition) is 3. The van der Waals surface area contributed by atoms with Crippen LogP contribution in [0.1, 0.15) is 47.3 Å². The standard InChI is InChI=1S/C33H33F4N7O4/c1-18(8-11-47-31-23(34)4-3-5-24(31)35)27(17-40-2)44-32(39)22(16-41-44)30(46)26-12-20-13-28(48-33(36)37)21(14-25(20)42-26)19-6-9-43(10-7-19)29(45)15-38/h3-5,8,12-14,16-17,19,33,42H,2,6-7,9-11,15,38-39H2,1H3/b18-8-,27-17+. The number of nitrogens with one attached hydrogen (secondary N) is 1. The zero-order chi connectivity index (χ0) is 34.5. The molecule has 252 valence electrons. The van der Waals surface area contributed by atoms with Crippen LogP contribution in [-0.4, -0.2) is 70.9 Å². The van der Waals surface area contributed by atoms with Gasteiger partial charge >= 0.3 is 6.61 Å². The zero-order valence-electron chi connectivity index (χ0n) is 25.9. The molecule has 1 aliphatic rings. The van der Waals surface area contributed by atoms with Gasteiger partial charge in [-0.15, -0.1) is 0 Å². The number of aromatic amines is 1. The van der Waals surface area contributed by atoms with Crippen LogP contribution in [0.5, 0.6) is 11.5 Å². The zero-order valence-corrected chi connectivity index (χ0v) is 25.9. The number of nitrogens with zero attached hydrogens (tertiary/aromatic N) is 4. The van der Waals surface area contributed by atoms with E-state index in [9.17, 15) is 27.2 Å². The number of carbonyl (C=O) groups is 2. The predicted molar refractivity (Wildman–Crippen MR) is 172 cm³/mol. The molecule has 1 saturated heterocycles. The number of amides is 1. The van der Waals surface area contributed by atoms with Crippen LogP contribution in [0, 0.1) is 11.6 Å². The van der Waals surface area contributed by atoms with Gasteiger partial charge in [-0.05, 0) is 79.9 Å². The van der Waals surface area contributed by atoms with Crippen molar-refractivity contribution in [2.45, 2.75) is 32.3 Å². The number of carbonyl (C=O) groups excluding carboxylic acids is 2. The number of benzene rings is 2. The summed E-state index contributed by atoms with van der Waals surface area (Å²) in [6.45, 7) is 2.60. The third kappa shape index (κ3) is 7.10. The number of piperidine rings is 1. The Morgan fingerprint density at radius 3 is 2.54 bits per heavy atom. The van der Waals surface area contributed by atoms with Crippen molar-refractivity contribution in [3.05, 3.63) is 88.9 Å². The number of rotatable bonds is 12. The molecule has 2 aromatic carbocycles. The first-order valence-electron chi connectivity index (χ1n) is 14.9. The lowest BCUT2D eigenvalue weighted by molar-refractivity contribution is -0.130. The van der Waals surface area contributed by atoms with E-state index in [4.69, 9.17) is 20.9 Å². The maximum atomic E-state index is 13.9. The Morgan fingerprint density at radius 2 is 1.90 bits per heavy atom. The molecule has 0 radical (unpaired) electrons. The van der Waals surface area contributed by atoms with Crippen molar-refractivity contribution in [3.63, 3.8) is 0 Å². The number of likely N-dealkylation sites (tertiary alicyclic amines) is 1. The molecule has 4 aromatic rings. The second kappa shape index (κ2) is 14.5. The van der Waals surface area contributed by atoms with Gasteiger partial charge in [0.05, 0.1) is 35.9 Å². The first-order valence-corrected chi connectivity index (χ1v) is 14.9. The van der Waals surface area contributed by atoms with Crippen LogP contribution >= 0.6 is 0 Å². The SMILES string of the molecule is C=N/C=C(\C(C)=C/COc1c(F)cccc1F)n1ncc(C(=O)c2cc3cc(OC(F)F)c(C4CCN(C(=O)CN)CC4)cc3[nH]2)c1N. The molecule has 11 nitrogen and oxygen atoms in total. The fourth-order valence-electron chi connectivity index (χ4n) is 5.64. The number of aromatic nitrogens is 3. The predicted octanol–water partition coefficient (Wildman–Crippen LogP) is 5.25. The Kier molecular flexibility index (Phi) is 10.3. The van der Waals surface area contributed by atoms with Gasteiger partial charge in [-0.2, -0.15) is 13.9 Å². The lowest BCUT2D eigenvalue weighted by atomic mass is 9.88. The molecule has 0 unspecified atom stereocenters. The number of nitrogens with two attached hydrogens (primary N) is 2. The lowest BCUT2D eigenvalue weighted by Gasteiger charge is -2.32. The van der Waals surface area contributed by atoms with Crippen molar-refractivity contribution >= 4 is 40.8 Å². The van der Waals surface area contributed by atoms with E-state index < -0.39 is 29.8 Å². The largest absolute Gasteiger partial charge is 0.483 e. The van der Waals surface area contributed by atoms with Gasteiger partial charge < -0.3 is 30.8 Å². The lowest BCUT2D eigenvalue weighted by Crippen LogP contribution is -2.41. The summed E-state index contributed by atoms with van der Waals surface area (Å²) in [6.07, 6.45) is 5.19. The molecular formula is C33H33F4N7O4. The van der Waals surface area contributed by atoms with Crippen LogP contribution in [0.2, 0.25) is 0 Å².